The van der Waals surface area contributed by atoms with E-state index in [1.807, 2.05) is 30.3 Å². The molecule has 2 aromatic rings. The van der Waals surface area contributed by atoms with Gasteiger partial charge in [-0.05, 0) is 17.7 Å². The second-order valence-corrected chi connectivity index (χ2v) is 4.26. The van der Waals surface area contributed by atoms with Gasteiger partial charge in [-0.3, -0.25) is 0 Å². The van der Waals surface area contributed by atoms with Gasteiger partial charge in [0.1, 0.15) is 5.82 Å². The van der Waals surface area contributed by atoms with Gasteiger partial charge in [0.25, 0.3) is 0 Å². The molecule has 0 fully saturated rings. The molecule has 0 spiro atoms. The molecule has 2 aromatic carbocycles. The fraction of sp³-hybridized carbons (Fsp3) is 0.143. The lowest BCUT2D eigenvalue weighted by Crippen LogP contribution is -2.13. The van der Waals surface area contributed by atoms with E-state index in [1.165, 1.54) is 11.6 Å². The fourth-order valence-corrected chi connectivity index (χ4v) is 1.76. The van der Waals surface area contributed by atoms with Crippen molar-refractivity contribution >= 4 is 11.6 Å². The van der Waals surface area contributed by atoms with E-state index in [0.717, 1.165) is 6.54 Å². The molecule has 0 unspecified atom stereocenters. The average Bonchev–Trinajstić information content (AvgIpc) is 2.33. The first-order chi connectivity index (χ1) is 8.25. The van der Waals surface area contributed by atoms with Gasteiger partial charge >= 0.3 is 0 Å². The molecule has 0 saturated carbocycles. The predicted octanol–water partition coefficient (Wildman–Crippen LogP) is 3.77. The maximum absolute atomic E-state index is 13.5. The van der Waals surface area contributed by atoms with Crippen molar-refractivity contribution in [3.63, 3.8) is 0 Å². The zero-order valence-corrected chi connectivity index (χ0v) is 10.0. The van der Waals surface area contributed by atoms with E-state index in [1.54, 1.807) is 12.1 Å². The first-order valence-electron chi connectivity index (χ1n) is 5.44. The molecule has 17 heavy (non-hydrogen) atoms. The van der Waals surface area contributed by atoms with Gasteiger partial charge in [0.05, 0.1) is 0 Å². The highest BCUT2D eigenvalue weighted by molar-refractivity contribution is 6.30. The molecule has 0 saturated heterocycles. The summed E-state index contributed by atoms with van der Waals surface area (Å²) in [6, 6.07) is 14.7. The summed E-state index contributed by atoms with van der Waals surface area (Å²) in [5, 5.41) is 3.62. The minimum Gasteiger partial charge on any atom is -0.309 e. The second-order valence-electron chi connectivity index (χ2n) is 3.82. The largest absolute Gasteiger partial charge is 0.309 e. The van der Waals surface area contributed by atoms with Crippen molar-refractivity contribution in [3.05, 3.63) is 70.5 Å². The third kappa shape index (κ3) is 3.55. The summed E-state index contributed by atoms with van der Waals surface area (Å²) in [6.45, 7) is 1.22. The van der Waals surface area contributed by atoms with Gasteiger partial charge < -0.3 is 5.32 Å². The number of hydrogen-bond donors (Lipinski definition) is 1. The molecule has 0 heterocycles. The zero-order chi connectivity index (χ0) is 12.1. The summed E-state index contributed by atoms with van der Waals surface area (Å²) in [6.07, 6.45) is 0. The molecule has 2 rings (SSSR count). The molecule has 88 valence electrons. The molecule has 0 aliphatic heterocycles. The molecule has 0 aliphatic carbocycles. The van der Waals surface area contributed by atoms with Crippen LogP contribution in [0.3, 0.4) is 0 Å². The van der Waals surface area contributed by atoms with E-state index in [9.17, 15) is 4.39 Å². The number of halogens is 2. The van der Waals surface area contributed by atoms with E-state index in [4.69, 9.17) is 11.6 Å². The van der Waals surface area contributed by atoms with Crippen molar-refractivity contribution in [1.29, 1.82) is 0 Å². The third-order valence-electron chi connectivity index (χ3n) is 2.50. The van der Waals surface area contributed by atoms with Gasteiger partial charge in [-0.25, -0.2) is 4.39 Å². The Morgan fingerprint density at radius 2 is 1.76 bits per heavy atom. The molecule has 1 N–H and O–H groups in total. The maximum atomic E-state index is 13.5. The number of nitrogens with one attached hydrogen (secondary N) is 1. The molecule has 3 heteroatoms. The molecule has 0 aromatic heterocycles. The summed E-state index contributed by atoms with van der Waals surface area (Å²) < 4.78 is 13.5. The van der Waals surface area contributed by atoms with Gasteiger partial charge in [-0.1, -0.05) is 48.0 Å². The average molecular weight is 250 g/mol. The Morgan fingerprint density at radius 1 is 1.00 bits per heavy atom. The molecule has 0 amide bonds. The van der Waals surface area contributed by atoms with Crippen LogP contribution in [0.25, 0.3) is 0 Å². The van der Waals surface area contributed by atoms with E-state index in [0.29, 0.717) is 17.1 Å². The Kier molecular flexibility index (Phi) is 4.13. The van der Waals surface area contributed by atoms with Crippen LogP contribution in [0.1, 0.15) is 11.1 Å². The van der Waals surface area contributed by atoms with Crippen molar-refractivity contribution < 1.29 is 4.39 Å². The van der Waals surface area contributed by atoms with Crippen molar-refractivity contribution in [2.24, 2.45) is 0 Å². The smallest absolute Gasteiger partial charge is 0.129 e. The van der Waals surface area contributed by atoms with Crippen molar-refractivity contribution in [2.75, 3.05) is 0 Å². The van der Waals surface area contributed by atoms with E-state index >= 15 is 0 Å². The molecule has 0 radical (unpaired) electrons. The van der Waals surface area contributed by atoms with Gasteiger partial charge in [-0.15, -0.1) is 0 Å². The molecule has 0 aliphatic rings. The summed E-state index contributed by atoms with van der Waals surface area (Å²) in [4.78, 5) is 0. The number of rotatable bonds is 4. The Labute approximate surface area is 105 Å². The molecule has 0 atom stereocenters. The molecular weight excluding hydrogens is 237 g/mol. The Bertz CT molecular complexity index is 485. The highest BCUT2D eigenvalue weighted by atomic mass is 35.5. The summed E-state index contributed by atoms with van der Waals surface area (Å²) in [5.41, 5.74) is 1.81. The van der Waals surface area contributed by atoms with Crippen LogP contribution in [-0.4, -0.2) is 0 Å². The normalized spacial score (nSPS) is 10.5. The van der Waals surface area contributed by atoms with Crippen molar-refractivity contribution in [2.45, 2.75) is 13.1 Å². The Hall–Kier alpha value is -1.38. The quantitative estimate of drug-likeness (QED) is 0.870. The second kappa shape index (κ2) is 5.80. The maximum Gasteiger partial charge on any atom is 0.129 e. The number of hydrogen-bond acceptors (Lipinski definition) is 1. The summed E-state index contributed by atoms with van der Waals surface area (Å²) in [7, 11) is 0. The third-order valence-corrected chi connectivity index (χ3v) is 2.74. The lowest BCUT2D eigenvalue weighted by molar-refractivity contribution is 0.588. The van der Waals surface area contributed by atoms with Crippen LogP contribution in [0.5, 0.6) is 0 Å². The van der Waals surface area contributed by atoms with Gasteiger partial charge in [0, 0.05) is 23.7 Å². The molecule has 0 bridgehead atoms. The van der Waals surface area contributed by atoms with Crippen LogP contribution >= 0.6 is 11.6 Å². The first kappa shape index (κ1) is 12.1. The first-order valence-corrected chi connectivity index (χ1v) is 5.82. The van der Waals surface area contributed by atoms with Crippen molar-refractivity contribution in [1.82, 2.24) is 5.32 Å². The minimum atomic E-state index is -0.266. The van der Waals surface area contributed by atoms with Gasteiger partial charge in [-0.2, -0.15) is 0 Å². The fourth-order valence-electron chi connectivity index (χ4n) is 1.60. The van der Waals surface area contributed by atoms with Crippen molar-refractivity contribution in [3.8, 4) is 0 Å². The molecule has 1 nitrogen and oxygen atoms in total. The summed E-state index contributed by atoms with van der Waals surface area (Å²) >= 11 is 5.69. The van der Waals surface area contributed by atoms with Gasteiger partial charge in [0.2, 0.25) is 0 Å². The van der Waals surface area contributed by atoms with Crippen LogP contribution in [0.15, 0.2) is 48.5 Å². The SMILES string of the molecule is Fc1cc(Cl)ccc1CNCc1ccccc1. The van der Waals surface area contributed by atoms with Gasteiger partial charge in [0.15, 0.2) is 0 Å². The Morgan fingerprint density at radius 3 is 2.47 bits per heavy atom. The zero-order valence-electron chi connectivity index (χ0n) is 9.29. The monoisotopic (exact) mass is 249 g/mol. The highest BCUT2D eigenvalue weighted by Crippen LogP contribution is 2.14. The van der Waals surface area contributed by atoms with E-state index in [-0.39, 0.29) is 5.82 Å². The topological polar surface area (TPSA) is 12.0 Å². The Balaban J connectivity index is 1.90. The van der Waals surface area contributed by atoms with Crippen LogP contribution in [0, 0.1) is 5.82 Å². The molecular formula is C14H13ClFN. The van der Waals surface area contributed by atoms with Crippen LogP contribution in [0.4, 0.5) is 4.39 Å². The number of benzene rings is 2. The van der Waals surface area contributed by atoms with E-state index < -0.39 is 0 Å². The predicted molar refractivity (Wildman–Crippen MR) is 68.4 cm³/mol. The standard InChI is InChI=1S/C14H13ClFN/c15-13-7-6-12(14(16)8-13)10-17-9-11-4-2-1-3-5-11/h1-8,17H,9-10H2. The highest BCUT2D eigenvalue weighted by Gasteiger charge is 2.02. The lowest BCUT2D eigenvalue weighted by Gasteiger charge is -2.06. The van der Waals surface area contributed by atoms with E-state index in [2.05, 4.69) is 5.32 Å². The lowest BCUT2D eigenvalue weighted by atomic mass is 10.2. The minimum absolute atomic E-state index is 0.266. The summed E-state index contributed by atoms with van der Waals surface area (Å²) in [5.74, 6) is -0.266. The van der Waals surface area contributed by atoms with Crippen LogP contribution < -0.4 is 5.32 Å². The van der Waals surface area contributed by atoms with Crippen LogP contribution in [0.2, 0.25) is 5.02 Å². The van der Waals surface area contributed by atoms with Crippen LogP contribution in [-0.2, 0) is 13.1 Å².